The first kappa shape index (κ1) is 23.8. The summed E-state index contributed by atoms with van der Waals surface area (Å²) in [7, 11) is -1.91. The fourth-order valence-electron chi connectivity index (χ4n) is 5.24. The van der Waals surface area contributed by atoms with E-state index in [1.807, 2.05) is 0 Å². The van der Waals surface area contributed by atoms with Gasteiger partial charge in [-0.1, -0.05) is 44.6 Å². The fraction of sp³-hybridized carbons (Fsp3) is 0.769. The molecule has 0 aromatic heterocycles. The Bertz CT molecular complexity index is 712. The number of rotatable bonds is 5. The Balaban J connectivity index is 2.06. The first-order valence-corrected chi connectivity index (χ1v) is 14.9. The van der Waals surface area contributed by atoms with Crippen LogP contribution in [0.4, 0.5) is 0 Å². The van der Waals surface area contributed by atoms with E-state index in [0.717, 1.165) is 38.7 Å². The number of allylic oxidation sites excluding steroid dienone is 3. The van der Waals surface area contributed by atoms with E-state index in [1.54, 1.807) is 0 Å². The predicted octanol–water partition coefficient (Wildman–Crippen LogP) is 7.17. The minimum Gasteiger partial charge on any atom is -0.498 e. The Labute approximate surface area is 186 Å². The maximum atomic E-state index is 7.06. The largest absolute Gasteiger partial charge is 0.498 e. The molecular formula is C26H44O3Si. The summed E-state index contributed by atoms with van der Waals surface area (Å²) in [6, 6.07) is 0. The SMILES string of the molecule is C=C(C)[C@H]1CCC(OCC)=C2[C@@H]1[C@H]1O[C@@H]2C/C(C)=C/CC[C@@H]1O[Si](C)(C)C(C)(C)C. The van der Waals surface area contributed by atoms with Gasteiger partial charge < -0.3 is 13.9 Å². The summed E-state index contributed by atoms with van der Waals surface area (Å²) in [5.74, 6) is 1.98. The summed E-state index contributed by atoms with van der Waals surface area (Å²) >= 11 is 0. The monoisotopic (exact) mass is 432 g/mol. The number of hydrogen-bond donors (Lipinski definition) is 0. The molecule has 30 heavy (non-hydrogen) atoms. The molecule has 0 unspecified atom stereocenters. The molecule has 2 aliphatic heterocycles. The molecule has 2 bridgehead atoms. The Hall–Kier alpha value is -0.843. The van der Waals surface area contributed by atoms with Crippen LogP contribution >= 0.6 is 0 Å². The lowest BCUT2D eigenvalue weighted by molar-refractivity contribution is -0.0472. The van der Waals surface area contributed by atoms with Crippen LogP contribution in [0.25, 0.3) is 0 Å². The van der Waals surface area contributed by atoms with Gasteiger partial charge in [0.25, 0.3) is 0 Å². The van der Waals surface area contributed by atoms with E-state index >= 15 is 0 Å². The molecule has 0 radical (unpaired) electrons. The van der Waals surface area contributed by atoms with Crippen molar-refractivity contribution < 1.29 is 13.9 Å². The van der Waals surface area contributed by atoms with E-state index in [9.17, 15) is 0 Å². The zero-order chi connectivity index (χ0) is 22.3. The van der Waals surface area contributed by atoms with Crippen molar-refractivity contribution in [2.24, 2.45) is 11.8 Å². The Kier molecular flexibility index (Phi) is 7.11. The highest BCUT2D eigenvalue weighted by Gasteiger charge is 2.52. The van der Waals surface area contributed by atoms with Gasteiger partial charge in [-0.05, 0) is 70.5 Å². The van der Waals surface area contributed by atoms with E-state index in [1.165, 1.54) is 22.5 Å². The van der Waals surface area contributed by atoms with Crippen molar-refractivity contribution in [3.63, 3.8) is 0 Å². The molecule has 3 rings (SSSR count). The van der Waals surface area contributed by atoms with Crippen LogP contribution in [0, 0.1) is 11.8 Å². The van der Waals surface area contributed by atoms with Crippen molar-refractivity contribution in [2.45, 2.75) is 110 Å². The van der Waals surface area contributed by atoms with Crippen LogP contribution in [0.5, 0.6) is 0 Å². The van der Waals surface area contributed by atoms with Gasteiger partial charge in [-0.2, -0.15) is 0 Å². The van der Waals surface area contributed by atoms with Gasteiger partial charge in [0.2, 0.25) is 0 Å². The molecule has 0 N–H and O–H groups in total. The van der Waals surface area contributed by atoms with Crippen molar-refractivity contribution in [2.75, 3.05) is 6.61 Å². The average molecular weight is 433 g/mol. The van der Waals surface area contributed by atoms with E-state index in [4.69, 9.17) is 13.9 Å². The number of ether oxygens (including phenoxy) is 2. The third-order valence-electron chi connectivity index (χ3n) is 7.84. The van der Waals surface area contributed by atoms with Crippen LogP contribution in [-0.2, 0) is 13.9 Å². The lowest BCUT2D eigenvalue weighted by atomic mass is 9.70. The summed E-state index contributed by atoms with van der Waals surface area (Å²) in [6.07, 6.45) is 7.90. The topological polar surface area (TPSA) is 27.7 Å². The number of hydrogen-bond acceptors (Lipinski definition) is 3. The summed E-state index contributed by atoms with van der Waals surface area (Å²) in [5.41, 5.74) is 4.12. The second kappa shape index (κ2) is 8.95. The van der Waals surface area contributed by atoms with Crippen molar-refractivity contribution in [1.29, 1.82) is 0 Å². The molecule has 1 aliphatic carbocycles. The Morgan fingerprint density at radius 2 is 1.97 bits per heavy atom. The summed E-state index contributed by atoms with van der Waals surface area (Å²) in [6.45, 7) is 23.4. The molecule has 0 amide bonds. The molecule has 3 aliphatic rings. The van der Waals surface area contributed by atoms with Gasteiger partial charge in [0.05, 0.1) is 30.7 Å². The third kappa shape index (κ3) is 4.66. The van der Waals surface area contributed by atoms with Gasteiger partial charge in [0.15, 0.2) is 8.32 Å². The van der Waals surface area contributed by atoms with Gasteiger partial charge >= 0.3 is 0 Å². The Morgan fingerprint density at radius 3 is 2.57 bits per heavy atom. The number of fused-ring (bicyclic) bond motifs is 5. The Morgan fingerprint density at radius 1 is 1.27 bits per heavy atom. The molecule has 2 heterocycles. The van der Waals surface area contributed by atoms with Crippen molar-refractivity contribution in [3.8, 4) is 0 Å². The highest BCUT2D eigenvalue weighted by atomic mass is 28.4. The standard InChI is InChI=1S/C26H44O3Si/c1-10-27-20-15-14-19(17(2)3)23-24(20)22-16-18(4)12-11-13-21(25(23)28-22)29-30(8,9)26(5,6)7/h12,19,21-23,25H,2,10-11,13-16H2,1,3-9H3/b18-12+/t19-,21+,22-,23-,25+/m1/s1. The minimum absolute atomic E-state index is 0.0934. The normalized spacial score (nSPS) is 34.4. The van der Waals surface area contributed by atoms with Crippen LogP contribution in [0.2, 0.25) is 18.1 Å². The van der Waals surface area contributed by atoms with Crippen LogP contribution in [-0.4, -0.2) is 33.2 Å². The van der Waals surface area contributed by atoms with Gasteiger partial charge in [0.1, 0.15) is 0 Å². The predicted molar refractivity (Wildman–Crippen MR) is 128 cm³/mol. The minimum atomic E-state index is -1.91. The van der Waals surface area contributed by atoms with E-state index in [-0.39, 0.29) is 23.4 Å². The van der Waals surface area contributed by atoms with Crippen molar-refractivity contribution in [3.05, 3.63) is 35.1 Å². The van der Waals surface area contributed by atoms with Gasteiger partial charge in [-0.3, -0.25) is 0 Å². The molecule has 5 atom stereocenters. The molecular weight excluding hydrogens is 388 g/mol. The maximum Gasteiger partial charge on any atom is 0.192 e. The second-order valence-electron chi connectivity index (χ2n) is 11.2. The molecule has 1 fully saturated rings. The molecule has 170 valence electrons. The summed E-state index contributed by atoms with van der Waals surface area (Å²) in [5, 5.41) is 0.185. The molecule has 1 saturated heterocycles. The van der Waals surface area contributed by atoms with Crippen LogP contribution < -0.4 is 0 Å². The van der Waals surface area contributed by atoms with E-state index < -0.39 is 8.32 Å². The lowest BCUT2D eigenvalue weighted by Crippen LogP contribution is -2.49. The van der Waals surface area contributed by atoms with Gasteiger partial charge in [0, 0.05) is 17.9 Å². The maximum absolute atomic E-state index is 7.06. The summed E-state index contributed by atoms with van der Waals surface area (Å²) < 4.78 is 20.2. The first-order valence-electron chi connectivity index (χ1n) is 12.0. The third-order valence-corrected chi connectivity index (χ3v) is 12.3. The van der Waals surface area contributed by atoms with Gasteiger partial charge in [-0.25, -0.2) is 0 Å². The molecule has 0 aromatic carbocycles. The second-order valence-corrected chi connectivity index (χ2v) is 15.9. The van der Waals surface area contributed by atoms with Crippen LogP contribution in [0.1, 0.15) is 73.6 Å². The first-order chi connectivity index (χ1) is 14.0. The van der Waals surface area contributed by atoms with Crippen molar-refractivity contribution >= 4 is 8.32 Å². The molecule has 0 spiro atoms. The van der Waals surface area contributed by atoms with Crippen LogP contribution in [0.3, 0.4) is 0 Å². The zero-order valence-electron chi connectivity index (χ0n) is 20.6. The van der Waals surface area contributed by atoms with Crippen molar-refractivity contribution in [1.82, 2.24) is 0 Å². The van der Waals surface area contributed by atoms with Gasteiger partial charge in [-0.15, -0.1) is 0 Å². The van der Waals surface area contributed by atoms with E-state index in [2.05, 4.69) is 67.3 Å². The average Bonchev–Trinajstić information content (AvgIpc) is 3.01. The smallest absolute Gasteiger partial charge is 0.192 e. The molecule has 0 saturated carbocycles. The zero-order valence-corrected chi connectivity index (χ0v) is 21.6. The highest BCUT2D eigenvalue weighted by molar-refractivity contribution is 6.74. The summed E-state index contributed by atoms with van der Waals surface area (Å²) in [4.78, 5) is 0. The molecule has 3 nitrogen and oxygen atoms in total. The van der Waals surface area contributed by atoms with E-state index in [0.29, 0.717) is 11.8 Å². The quantitative estimate of drug-likeness (QED) is 0.340. The molecule has 0 aromatic rings. The highest BCUT2D eigenvalue weighted by Crippen LogP contribution is 2.52. The fourth-order valence-corrected chi connectivity index (χ4v) is 6.60. The van der Waals surface area contributed by atoms with Crippen LogP contribution in [0.15, 0.2) is 35.1 Å². The molecule has 4 heteroatoms. The lowest BCUT2D eigenvalue weighted by Gasteiger charge is -2.43.